The summed E-state index contributed by atoms with van der Waals surface area (Å²) in [6.45, 7) is 5.87. The number of hydrogen-bond acceptors (Lipinski definition) is 3. The molecule has 0 spiro atoms. The van der Waals surface area contributed by atoms with Gasteiger partial charge in [-0.15, -0.1) is 5.92 Å². The first kappa shape index (κ1) is 19.2. The van der Waals surface area contributed by atoms with Crippen molar-refractivity contribution in [1.82, 2.24) is 0 Å². The molecule has 112 valence electrons. The van der Waals surface area contributed by atoms with Crippen LogP contribution < -0.4 is 0 Å². The Morgan fingerprint density at radius 3 is 2.48 bits per heavy atom. The number of allylic oxidation sites excluding steroid dienone is 8. The smallest absolute Gasteiger partial charge is 0.423 e. The van der Waals surface area contributed by atoms with Crippen LogP contribution in [0.25, 0.3) is 0 Å². The van der Waals surface area contributed by atoms with E-state index in [4.69, 9.17) is 14.8 Å². The van der Waals surface area contributed by atoms with Crippen LogP contribution in [0.15, 0.2) is 59.2 Å². The number of ether oxygens (including phenoxy) is 1. The van der Waals surface area contributed by atoms with Gasteiger partial charge in [-0.3, -0.25) is 0 Å². The highest BCUT2D eigenvalue weighted by molar-refractivity contribution is 6.50. The maximum Gasteiger partial charge on any atom is 0.483 e. The fraction of sp³-hybridized carbons (Fsp3) is 0.294. The van der Waals surface area contributed by atoms with Crippen LogP contribution in [0.5, 0.6) is 0 Å². The summed E-state index contributed by atoms with van der Waals surface area (Å²) in [5, 5.41) is 18.0. The van der Waals surface area contributed by atoms with Crippen molar-refractivity contribution in [3.05, 3.63) is 59.2 Å². The Labute approximate surface area is 128 Å². The van der Waals surface area contributed by atoms with Crippen LogP contribution in [0.2, 0.25) is 0 Å². The monoisotopic (exact) mass is 286 g/mol. The van der Waals surface area contributed by atoms with Crippen LogP contribution >= 0.6 is 0 Å². The van der Waals surface area contributed by atoms with E-state index < -0.39 is 7.12 Å². The quantitative estimate of drug-likeness (QED) is 0.429. The van der Waals surface area contributed by atoms with E-state index in [1.807, 2.05) is 31.2 Å². The van der Waals surface area contributed by atoms with E-state index in [2.05, 4.69) is 11.8 Å². The van der Waals surface area contributed by atoms with Crippen molar-refractivity contribution in [3.63, 3.8) is 0 Å². The third-order valence-corrected chi connectivity index (χ3v) is 2.65. The van der Waals surface area contributed by atoms with Crippen LogP contribution in [0, 0.1) is 11.8 Å². The van der Waals surface area contributed by atoms with Gasteiger partial charge in [0.25, 0.3) is 0 Å². The van der Waals surface area contributed by atoms with E-state index >= 15 is 0 Å². The third-order valence-electron chi connectivity index (χ3n) is 2.65. The molecule has 0 aliphatic heterocycles. The second-order valence-electron chi connectivity index (χ2n) is 4.27. The molecular weight excluding hydrogens is 263 g/mol. The molecule has 0 saturated carbocycles. The number of methoxy groups -OCH3 is 1. The van der Waals surface area contributed by atoms with Crippen LogP contribution in [0.1, 0.15) is 20.8 Å². The van der Waals surface area contributed by atoms with Crippen molar-refractivity contribution >= 4 is 7.12 Å². The first-order valence-corrected chi connectivity index (χ1v) is 6.71. The SMILES string of the molecule is CC#C\C=C/C=C(COC)/C(/C=C\C=C(/C)B(O)O)=C/C. The molecule has 0 aromatic heterocycles. The predicted octanol–water partition coefficient (Wildman–Crippen LogP) is 2.60. The molecule has 0 radical (unpaired) electrons. The Kier molecular flexibility index (Phi) is 11.0. The molecule has 3 nitrogen and oxygen atoms in total. The lowest BCUT2D eigenvalue weighted by Gasteiger charge is -2.06. The Hall–Kier alpha value is -1.80. The second kappa shape index (κ2) is 12.0. The molecule has 4 heteroatoms. The van der Waals surface area contributed by atoms with Crippen LogP contribution in [-0.4, -0.2) is 30.9 Å². The van der Waals surface area contributed by atoms with E-state index in [0.717, 1.165) is 11.1 Å². The topological polar surface area (TPSA) is 49.7 Å². The van der Waals surface area contributed by atoms with Gasteiger partial charge in [0.05, 0.1) is 6.61 Å². The van der Waals surface area contributed by atoms with E-state index in [9.17, 15) is 0 Å². The largest absolute Gasteiger partial charge is 0.483 e. The minimum absolute atomic E-state index is 0.483. The maximum atomic E-state index is 8.99. The van der Waals surface area contributed by atoms with Gasteiger partial charge in [0.2, 0.25) is 0 Å². The molecule has 0 unspecified atom stereocenters. The van der Waals surface area contributed by atoms with Crippen molar-refractivity contribution in [3.8, 4) is 11.8 Å². The molecule has 0 rings (SSSR count). The molecule has 0 aliphatic carbocycles. The molecule has 0 fully saturated rings. The molecule has 0 saturated heterocycles. The van der Waals surface area contributed by atoms with Crippen LogP contribution in [-0.2, 0) is 4.74 Å². The Morgan fingerprint density at radius 2 is 1.95 bits per heavy atom. The van der Waals surface area contributed by atoms with Crippen molar-refractivity contribution < 1.29 is 14.8 Å². The van der Waals surface area contributed by atoms with Gasteiger partial charge in [-0.2, -0.15) is 0 Å². The average molecular weight is 286 g/mol. The zero-order valence-electron chi connectivity index (χ0n) is 13.1. The highest BCUT2D eigenvalue weighted by Gasteiger charge is 2.07. The first-order valence-electron chi connectivity index (χ1n) is 6.71. The molecular formula is C17H23BO3. The molecule has 0 amide bonds. The summed E-state index contributed by atoms with van der Waals surface area (Å²) in [4.78, 5) is 0. The van der Waals surface area contributed by atoms with Gasteiger partial charge in [-0.05, 0) is 43.5 Å². The summed E-state index contributed by atoms with van der Waals surface area (Å²) in [5.41, 5.74) is 2.50. The summed E-state index contributed by atoms with van der Waals surface area (Å²) < 4.78 is 5.20. The minimum Gasteiger partial charge on any atom is -0.423 e. The summed E-state index contributed by atoms with van der Waals surface area (Å²) in [6, 6.07) is 0. The molecule has 0 heterocycles. The second-order valence-corrected chi connectivity index (χ2v) is 4.27. The molecule has 2 N–H and O–H groups in total. The fourth-order valence-corrected chi connectivity index (χ4v) is 1.46. The molecule has 0 aromatic carbocycles. The molecule has 0 atom stereocenters. The van der Waals surface area contributed by atoms with E-state index in [0.29, 0.717) is 12.1 Å². The van der Waals surface area contributed by atoms with E-state index in [-0.39, 0.29) is 0 Å². The maximum absolute atomic E-state index is 8.99. The summed E-state index contributed by atoms with van der Waals surface area (Å²) in [5.74, 6) is 5.65. The van der Waals surface area contributed by atoms with Gasteiger partial charge >= 0.3 is 7.12 Å². The van der Waals surface area contributed by atoms with Gasteiger partial charge in [0, 0.05) is 7.11 Å². The molecule has 0 aliphatic rings. The summed E-state index contributed by atoms with van der Waals surface area (Å²) >= 11 is 0. The minimum atomic E-state index is -1.42. The first-order chi connectivity index (χ1) is 10.1. The highest BCUT2D eigenvalue weighted by atomic mass is 16.5. The van der Waals surface area contributed by atoms with E-state index in [1.54, 1.807) is 39.2 Å². The van der Waals surface area contributed by atoms with Crippen molar-refractivity contribution in [2.75, 3.05) is 13.7 Å². The third kappa shape index (κ3) is 8.88. The normalized spacial score (nSPS) is 13.7. The zero-order chi connectivity index (χ0) is 16.1. The molecule has 21 heavy (non-hydrogen) atoms. The lowest BCUT2D eigenvalue weighted by Crippen LogP contribution is -2.12. The highest BCUT2D eigenvalue weighted by Crippen LogP contribution is 2.13. The summed E-state index contributed by atoms with van der Waals surface area (Å²) in [7, 11) is 0.222. The van der Waals surface area contributed by atoms with Gasteiger partial charge in [0.1, 0.15) is 0 Å². The van der Waals surface area contributed by atoms with E-state index in [1.165, 1.54) is 0 Å². The Bertz CT molecular complexity index is 512. The van der Waals surface area contributed by atoms with Crippen LogP contribution in [0.3, 0.4) is 0 Å². The van der Waals surface area contributed by atoms with Gasteiger partial charge in [-0.1, -0.05) is 42.4 Å². The van der Waals surface area contributed by atoms with Crippen molar-refractivity contribution in [1.29, 1.82) is 0 Å². The lowest BCUT2D eigenvalue weighted by atomic mass is 9.80. The van der Waals surface area contributed by atoms with Gasteiger partial charge in [0.15, 0.2) is 0 Å². The van der Waals surface area contributed by atoms with Crippen molar-refractivity contribution in [2.45, 2.75) is 20.8 Å². The number of hydrogen-bond donors (Lipinski definition) is 2. The van der Waals surface area contributed by atoms with Gasteiger partial charge in [-0.25, -0.2) is 0 Å². The standard InChI is InChI=1S/C17H23BO3/c1-5-7-8-9-12-17(14-21-4)16(6-2)13-10-11-15(3)18(19)20/h6,8-13,19-20H,14H2,1-4H3/b9-8-,13-10-,15-11+,16-6+,17-12+. The molecule has 0 aromatic rings. The van der Waals surface area contributed by atoms with Gasteiger partial charge < -0.3 is 14.8 Å². The van der Waals surface area contributed by atoms with Crippen LogP contribution in [0.4, 0.5) is 0 Å². The summed E-state index contributed by atoms with van der Waals surface area (Å²) in [6.07, 6.45) is 12.9. The Morgan fingerprint density at radius 1 is 1.24 bits per heavy atom. The van der Waals surface area contributed by atoms with Crippen molar-refractivity contribution in [2.24, 2.45) is 0 Å². The number of rotatable bonds is 7. The average Bonchev–Trinajstić information content (AvgIpc) is 2.47. The fourth-order valence-electron chi connectivity index (χ4n) is 1.46. The lowest BCUT2D eigenvalue weighted by molar-refractivity contribution is 0.227. The molecule has 0 bridgehead atoms. The Balaban J connectivity index is 5.12. The predicted molar refractivity (Wildman–Crippen MR) is 89.4 cm³/mol. The zero-order valence-corrected chi connectivity index (χ0v) is 13.1.